The number of rotatable bonds is 3. The topological polar surface area (TPSA) is 52.7 Å². The minimum absolute atomic E-state index is 0. The lowest BCUT2D eigenvalue weighted by atomic mass is 9.99. The second-order valence-corrected chi connectivity index (χ2v) is 7.69. The van der Waals surface area contributed by atoms with Crippen molar-refractivity contribution < 1.29 is 14.0 Å². The summed E-state index contributed by atoms with van der Waals surface area (Å²) in [6.45, 7) is 2.48. The van der Waals surface area contributed by atoms with Gasteiger partial charge >= 0.3 is 0 Å². The van der Waals surface area contributed by atoms with E-state index in [4.69, 9.17) is 0 Å². The summed E-state index contributed by atoms with van der Waals surface area (Å²) in [5, 5.41) is 3.30. The molecule has 0 radical (unpaired) electrons. The van der Waals surface area contributed by atoms with Crippen LogP contribution in [0.5, 0.6) is 0 Å². The highest BCUT2D eigenvalue weighted by Gasteiger charge is 2.41. The van der Waals surface area contributed by atoms with Gasteiger partial charge in [-0.05, 0) is 30.5 Å². The first kappa shape index (κ1) is 20.1. The number of hydrogen-bond acceptors (Lipinski definition) is 3. The predicted octanol–water partition coefficient (Wildman–Crippen LogP) is 2.51. The Labute approximate surface area is 165 Å². The highest BCUT2D eigenvalue weighted by atomic mass is 35.5. The summed E-state index contributed by atoms with van der Waals surface area (Å²) in [7, 11) is 0. The van der Waals surface area contributed by atoms with Crippen molar-refractivity contribution in [2.75, 3.05) is 26.2 Å². The SMILES string of the molecule is Cl.O=C1CC(C(=O)N2CCNCC2c2cccc(F)c2)CN1C1CCCC1. The first-order valence-corrected chi connectivity index (χ1v) is 9.69. The van der Waals surface area contributed by atoms with Crippen molar-refractivity contribution in [3.63, 3.8) is 0 Å². The van der Waals surface area contributed by atoms with Gasteiger partial charge in [0.25, 0.3) is 0 Å². The quantitative estimate of drug-likeness (QED) is 0.855. The molecule has 2 amide bonds. The molecule has 0 bridgehead atoms. The Kier molecular flexibility index (Phi) is 6.37. The number of amides is 2. The zero-order valence-electron chi connectivity index (χ0n) is 15.4. The van der Waals surface area contributed by atoms with Gasteiger partial charge in [0.1, 0.15) is 5.82 Å². The van der Waals surface area contributed by atoms with E-state index in [1.54, 1.807) is 6.07 Å². The third-order valence-corrected chi connectivity index (χ3v) is 6.03. The molecule has 1 saturated carbocycles. The molecule has 2 unspecified atom stereocenters. The second kappa shape index (κ2) is 8.57. The van der Waals surface area contributed by atoms with Crippen molar-refractivity contribution in [2.45, 2.75) is 44.2 Å². The number of nitrogens with one attached hydrogen (secondary N) is 1. The molecule has 0 spiro atoms. The van der Waals surface area contributed by atoms with Crippen LogP contribution in [0.1, 0.15) is 43.7 Å². The van der Waals surface area contributed by atoms with E-state index in [1.807, 2.05) is 15.9 Å². The molecule has 5 nitrogen and oxygen atoms in total. The van der Waals surface area contributed by atoms with Crippen molar-refractivity contribution in [2.24, 2.45) is 5.92 Å². The molecule has 1 aliphatic carbocycles. The smallest absolute Gasteiger partial charge is 0.228 e. The highest BCUT2D eigenvalue weighted by molar-refractivity contribution is 5.89. The Morgan fingerprint density at radius 3 is 2.74 bits per heavy atom. The maximum absolute atomic E-state index is 13.7. The molecule has 3 aliphatic rings. The molecule has 4 rings (SSSR count). The Balaban J connectivity index is 0.00000210. The first-order valence-electron chi connectivity index (χ1n) is 9.69. The van der Waals surface area contributed by atoms with Gasteiger partial charge in [-0.1, -0.05) is 25.0 Å². The maximum atomic E-state index is 13.7. The van der Waals surface area contributed by atoms with E-state index in [0.717, 1.165) is 24.9 Å². The molecular weight excluding hydrogens is 369 g/mol. The molecule has 148 valence electrons. The van der Waals surface area contributed by atoms with Gasteiger partial charge in [-0.3, -0.25) is 9.59 Å². The highest BCUT2D eigenvalue weighted by Crippen LogP contribution is 2.32. The van der Waals surface area contributed by atoms with Gasteiger partial charge < -0.3 is 15.1 Å². The molecule has 2 heterocycles. The van der Waals surface area contributed by atoms with Crippen LogP contribution in [-0.2, 0) is 9.59 Å². The molecule has 1 aromatic carbocycles. The lowest BCUT2D eigenvalue weighted by molar-refractivity contribution is -0.139. The van der Waals surface area contributed by atoms with Crippen molar-refractivity contribution >= 4 is 24.2 Å². The summed E-state index contributed by atoms with van der Waals surface area (Å²) in [4.78, 5) is 29.4. The molecule has 1 aromatic rings. The molecule has 2 saturated heterocycles. The third kappa shape index (κ3) is 4.11. The minimum atomic E-state index is -0.288. The fourth-order valence-electron chi connectivity index (χ4n) is 4.68. The molecule has 2 atom stereocenters. The van der Waals surface area contributed by atoms with Crippen molar-refractivity contribution in [1.82, 2.24) is 15.1 Å². The fraction of sp³-hybridized carbons (Fsp3) is 0.600. The van der Waals surface area contributed by atoms with Crippen LogP contribution in [-0.4, -0.2) is 53.8 Å². The minimum Gasteiger partial charge on any atom is -0.339 e. The average molecular weight is 396 g/mol. The van der Waals surface area contributed by atoms with Gasteiger partial charge in [0.15, 0.2) is 0 Å². The molecule has 2 aliphatic heterocycles. The van der Waals surface area contributed by atoms with E-state index in [9.17, 15) is 14.0 Å². The van der Waals surface area contributed by atoms with Gasteiger partial charge in [0.2, 0.25) is 11.8 Å². The summed E-state index contributed by atoms with van der Waals surface area (Å²) in [6.07, 6.45) is 4.78. The number of carbonyl (C=O) groups excluding carboxylic acids is 2. The molecular formula is C20H27ClFN3O2. The molecule has 7 heteroatoms. The predicted molar refractivity (Wildman–Crippen MR) is 103 cm³/mol. The lowest BCUT2D eigenvalue weighted by Gasteiger charge is -2.38. The third-order valence-electron chi connectivity index (χ3n) is 6.03. The van der Waals surface area contributed by atoms with Crippen LogP contribution < -0.4 is 5.32 Å². The van der Waals surface area contributed by atoms with Crippen molar-refractivity contribution in [1.29, 1.82) is 0 Å². The standard InChI is InChI=1S/C20H26FN3O2.ClH/c21-16-5-3-4-14(10-16)18-12-22-8-9-23(18)20(26)15-11-19(25)24(13-15)17-6-1-2-7-17;/h3-5,10,15,17-18,22H,1-2,6-9,11-13H2;1H. The number of hydrogen-bond donors (Lipinski definition) is 1. The normalized spacial score (nSPS) is 26.3. The monoisotopic (exact) mass is 395 g/mol. The van der Waals surface area contributed by atoms with E-state index in [1.165, 1.54) is 25.0 Å². The van der Waals surface area contributed by atoms with E-state index >= 15 is 0 Å². The van der Waals surface area contributed by atoms with Gasteiger partial charge in [0.05, 0.1) is 12.0 Å². The van der Waals surface area contributed by atoms with E-state index in [0.29, 0.717) is 32.1 Å². The maximum Gasteiger partial charge on any atom is 0.228 e. The summed E-state index contributed by atoms with van der Waals surface area (Å²) >= 11 is 0. The van der Waals surface area contributed by atoms with Crippen LogP contribution in [0.15, 0.2) is 24.3 Å². The largest absolute Gasteiger partial charge is 0.339 e. The Morgan fingerprint density at radius 2 is 2.00 bits per heavy atom. The van der Waals surface area contributed by atoms with Crippen molar-refractivity contribution in [3.8, 4) is 0 Å². The van der Waals surface area contributed by atoms with Crippen LogP contribution in [0, 0.1) is 11.7 Å². The average Bonchev–Trinajstić information content (AvgIpc) is 3.30. The van der Waals surface area contributed by atoms with Crippen LogP contribution in [0.25, 0.3) is 0 Å². The Bertz CT molecular complexity index is 696. The Morgan fingerprint density at radius 1 is 1.22 bits per heavy atom. The zero-order valence-corrected chi connectivity index (χ0v) is 16.2. The van der Waals surface area contributed by atoms with E-state index in [2.05, 4.69) is 5.32 Å². The van der Waals surface area contributed by atoms with Crippen molar-refractivity contribution in [3.05, 3.63) is 35.6 Å². The molecule has 27 heavy (non-hydrogen) atoms. The summed E-state index contributed by atoms with van der Waals surface area (Å²) in [5.41, 5.74) is 0.808. The van der Waals surface area contributed by atoms with Crippen LogP contribution >= 0.6 is 12.4 Å². The summed E-state index contributed by atoms with van der Waals surface area (Å²) < 4.78 is 13.7. The van der Waals surface area contributed by atoms with Crippen LogP contribution in [0.3, 0.4) is 0 Å². The fourth-order valence-corrected chi connectivity index (χ4v) is 4.68. The molecule has 0 aromatic heterocycles. The zero-order chi connectivity index (χ0) is 18.1. The molecule has 1 N–H and O–H groups in total. The first-order chi connectivity index (χ1) is 12.6. The second-order valence-electron chi connectivity index (χ2n) is 7.69. The summed E-state index contributed by atoms with van der Waals surface area (Å²) in [5.74, 6) is -0.400. The number of halogens is 2. The van der Waals surface area contributed by atoms with Gasteiger partial charge in [0, 0.05) is 38.6 Å². The number of piperazine rings is 1. The van der Waals surface area contributed by atoms with E-state index < -0.39 is 0 Å². The number of benzene rings is 1. The van der Waals surface area contributed by atoms with Crippen LogP contribution in [0.4, 0.5) is 4.39 Å². The van der Waals surface area contributed by atoms with Crippen LogP contribution in [0.2, 0.25) is 0 Å². The van der Waals surface area contributed by atoms with Gasteiger partial charge in [-0.2, -0.15) is 0 Å². The van der Waals surface area contributed by atoms with Gasteiger partial charge in [-0.15, -0.1) is 12.4 Å². The van der Waals surface area contributed by atoms with E-state index in [-0.39, 0.29) is 42.0 Å². The number of likely N-dealkylation sites (tertiary alicyclic amines) is 1. The molecule has 3 fully saturated rings. The lowest BCUT2D eigenvalue weighted by Crippen LogP contribution is -2.51. The summed E-state index contributed by atoms with van der Waals surface area (Å²) in [6, 6.07) is 6.61. The number of nitrogens with zero attached hydrogens (tertiary/aromatic N) is 2. The number of carbonyl (C=O) groups is 2. The Hall–Kier alpha value is -1.66. The van der Waals surface area contributed by atoms with Gasteiger partial charge in [-0.25, -0.2) is 4.39 Å².